The number of aromatic nitrogens is 4. The number of fused-ring (bicyclic) bond motifs is 8. The quantitative estimate of drug-likeness (QED) is 0.0510. The molecule has 5 heterocycles. The van der Waals surface area contributed by atoms with E-state index in [9.17, 15) is 19.2 Å². The maximum absolute atomic E-state index is 12.1. The fourth-order valence-corrected chi connectivity index (χ4v) is 9.19. The molecule has 4 N–H and O–H groups in total. The van der Waals surface area contributed by atoms with E-state index in [2.05, 4.69) is 103 Å². The summed E-state index contributed by atoms with van der Waals surface area (Å²) >= 11 is 0. The van der Waals surface area contributed by atoms with Crippen molar-refractivity contribution in [1.29, 1.82) is 0 Å². The zero-order chi connectivity index (χ0) is 46.3. The molecule has 1 aliphatic rings. The second-order valence-corrected chi connectivity index (χ2v) is 18.9. The average Bonchev–Trinajstić information content (AvgIpc) is 4.07. The van der Waals surface area contributed by atoms with Gasteiger partial charge in [0.2, 0.25) is 0 Å². The molecular weight excluding hydrogens is 805 g/mol. The number of rotatable bonds is 24. The van der Waals surface area contributed by atoms with Crippen molar-refractivity contribution in [3.8, 4) is 0 Å². The van der Waals surface area contributed by atoms with Crippen molar-refractivity contribution in [3.05, 3.63) is 94.1 Å². The van der Waals surface area contributed by atoms with Crippen molar-refractivity contribution < 1.29 is 33.4 Å². The lowest BCUT2D eigenvalue weighted by molar-refractivity contribution is -0.118. The monoisotopic (exact) mass is 887 g/mol. The van der Waals surface area contributed by atoms with Crippen LogP contribution in [0.1, 0.15) is 199 Å². The summed E-state index contributed by atoms with van der Waals surface area (Å²) in [6.45, 7) is 21.3. The summed E-state index contributed by atoms with van der Waals surface area (Å²) in [6, 6.07) is 17.6. The SMILES string of the molecule is C.CC(=O)CCCC1(C)c2ccc([nH]2)C(C)(CCCC(C)=O)c2ccc([nH]2)C(C)(CCCC(C)=O)c2ccc([nH]2)C(C)(CCCC(C)=O)c2ccc1[nH]2.CCCOCCOCCOC. The topological polar surface area (TPSA) is 159 Å². The minimum absolute atomic E-state index is 0. The molecule has 356 valence electrons. The Hall–Kier alpha value is -4.32. The smallest absolute Gasteiger partial charge is 0.129 e. The zero-order valence-electron chi connectivity index (χ0n) is 40.2. The molecule has 0 fully saturated rings. The van der Waals surface area contributed by atoms with Crippen molar-refractivity contribution in [3.63, 3.8) is 0 Å². The van der Waals surface area contributed by atoms with Gasteiger partial charge in [0.15, 0.2) is 0 Å². The molecule has 0 atom stereocenters. The van der Waals surface area contributed by atoms with Crippen molar-refractivity contribution in [2.75, 3.05) is 40.1 Å². The van der Waals surface area contributed by atoms with Crippen LogP contribution in [0.5, 0.6) is 0 Å². The maximum Gasteiger partial charge on any atom is 0.129 e. The third kappa shape index (κ3) is 13.8. The van der Waals surface area contributed by atoms with E-state index in [0.29, 0.717) is 52.1 Å². The van der Waals surface area contributed by atoms with Crippen LogP contribution in [-0.2, 0) is 55.0 Å². The van der Waals surface area contributed by atoms with Crippen LogP contribution in [-0.4, -0.2) is 83.2 Å². The number of nitrogens with one attached hydrogen (secondary N) is 4. The third-order valence-electron chi connectivity index (χ3n) is 13.5. The van der Waals surface area contributed by atoms with E-state index in [1.807, 2.05) is 0 Å². The molecule has 0 radical (unpaired) electrons. The molecule has 0 saturated heterocycles. The summed E-state index contributed by atoms with van der Waals surface area (Å²) in [4.78, 5) is 64.0. The number of ketones is 4. The van der Waals surface area contributed by atoms with E-state index in [4.69, 9.17) is 14.2 Å². The zero-order valence-corrected chi connectivity index (χ0v) is 40.2. The lowest BCUT2D eigenvalue weighted by Gasteiger charge is -2.33. The first-order chi connectivity index (χ1) is 29.9. The Morgan fingerprint density at radius 2 is 0.641 bits per heavy atom. The number of ether oxygens (including phenoxy) is 3. The van der Waals surface area contributed by atoms with E-state index >= 15 is 0 Å². The van der Waals surface area contributed by atoms with Crippen LogP contribution >= 0.6 is 0 Å². The summed E-state index contributed by atoms with van der Waals surface area (Å²) in [5, 5.41) is 0. The molecule has 1 aliphatic heterocycles. The Kier molecular flexibility index (Phi) is 21.0. The fourth-order valence-electron chi connectivity index (χ4n) is 9.19. The Labute approximate surface area is 384 Å². The number of hydrogen-bond acceptors (Lipinski definition) is 7. The Balaban J connectivity index is 0.000000801. The van der Waals surface area contributed by atoms with Crippen molar-refractivity contribution in [2.45, 2.75) is 175 Å². The van der Waals surface area contributed by atoms with Gasteiger partial charge in [0.05, 0.1) is 26.4 Å². The Bertz CT molecular complexity index is 1710. The molecule has 0 spiro atoms. The van der Waals surface area contributed by atoms with E-state index in [0.717, 1.165) is 110 Å². The van der Waals surface area contributed by atoms with Crippen LogP contribution in [0.2, 0.25) is 0 Å². The maximum atomic E-state index is 12.1. The minimum Gasteiger partial charge on any atom is -0.382 e. The van der Waals surface area contributed by atoms with Gasteiger partial charge in [-0.25, -0.2) is 0 Å². The van der Waals surface area contributed by atoms with E-state index in [1.165, 1.54) is 0 Å². The second-order valence-electron chi connectivity index (χ2n) is 18.9. The van der Waals surface area contributed by atoms with Gasteiger partial charge < -0.3 is 53.3 Å². The van der Waals surface area contributed by atoms with Gasteiger partial charge in [-0.3, -0.25) is 0 Å². The highest BCUT2D eigenvalue weighted by molar-refractivity contribution is 5.76. The summed E-state index contributed by atoms with van der Waals surface area (Å²) in [5.41, 5.74) is 6.82. The van der Waals surface area contributed by atoms with Gasteiger partial charge in [0, 0.05) is 107 Å². The molecule has 0 saturated carbocycles. The molecule has 11 nitrogen and oxygen atoms in total. The summed E-state index contributed by atoms with van der Waals surface area (Å²) in [5.74, 6) is 0.743. The van der Waals surface area contributed by atoms with Crippen LogP contribution in [0.25, 0.3) is 0 Å². The van der Waals surface area contributed by atoms with Crippen LogP contribution in [0, 0.1) is 0 Å². The number of carbonyl (C=O) groups excluding carboxylic acids is 4. The first kappa shape index (κ1) is 54.0. The van der Waals surface area contributed by atoms with Gasteiger partial charge in [-0.05, 0) is 162 Å². The van der Waals surface area contributed by atoms with Crippen LogP contribution in [0.4, 0.5) is 0 Å². The Morgan fingerprint density at radius 1 is 0.422 bits per heavy atom. The molecule has 0 aliphatic carbocycles. The molecule has 5 rings (SSSR count). The molecule has 4 aromatic heterocycles. The number of aromatic amines is 4. The summed E-state index contributed by atoms with van der Waals surface area (Å²) in [6.07, 6.45) is 9.23. The normalized spacial score (nSPS) is 21.4. The predicted octanol–water partition coefficient (Wildman–Crippen LogP) is 11.3. The number of H-pyrrole nitrogens is 4. The number of methoxy groups -OCH3 is 1. The first-order valence-electron chi connectivity index (χ1n) is 23.3. The van der Waals surface area contributed by atoms with Gasteiger partial charge >= 0.3 is 0 Å². The van der Waals surface area contributed by atoms with Crippen molar-refractivity contribution >= 4 is 23.1 Å². The second kappa shape index (κ2) is 24.8. The third-order valence-corrected chi connectivity index (χ3v) is 13.5. The molecule has 0 aromatic carbocycles. The number of carbonyl (C=O) groups is 4. The fraction of sp³-hybridized carbons (Fsp3) is 0.623. The predicted molar refractivity (Wildman–Crippen MR) is 258 cm³/mol. The molecule has 8 bridgehead atoms. The first-order valence-corrected chi connectivity index (χ1v) is 23.3. The summed E-state index contributed by atoms with van der Waals surface area (Å²) in [7, 11) is 1.66. The average molecular weight is 887 g/mol. The van der Waals surface area contributed by atoms with Crippen molar-refractivity contribution in [2.24, 2.45) is 0 Å². The lowest BCUT2D eigenvalue weighted by Crippen LogP contribution is -2.30. The molecule has 4 aromatic rings. The molecule has 64 heavy (non-hydrogen) atoms. The Morgan fingerprint density at radius 3 is 0.844 bits per heavy atom. The largest absolute Gasteiger partial charge is 0.382 e. The van der Waals surface area contributed by atoms with E-state index in [-0.39, 0.29) is 30.6 Å². The summed E-state index contributed by atoms with van der Waals surface area (Å²) < 4.78 is 15.2. The van der Waals surface area contributed by atoms with Gasteiger partial charge in [-0.15, -0.1) is 0 Å². The van der Waals surface area contributed by atoms with Gasteiger partial charge in [0.1, 0.15) is 23.1 Å². The highest BCUT2D eigenvalue weighted by Gasteiger charge is 2.41. The van der Waals surface area contributed by atoms with Gasteiger partial charge in [-0.2, -0.15) is 0 Å². The minimum atomic E-state index is -0.444. The standard InChI is InChI=1S/C44H60N4O4.C8H18O3.CH4/c1-29(49)13-9-25-41(5)33-17-19-35(45-33)42(6,26-10-14-30(2)50)37-21-23-39(47-37)44(8,28-12-16-32(4)52)40-24-22-38(48-40)43(7,27-11-15-31(3)51)36-20-18-34(41)46-36;1-3-4-10-7-8-11-6-5-9-2;/h17-24,45-48H,9-16,25-28H2,1-8H3;3-8H2,1-2H3;1H4. The number of Topliss-reactive ketones (excluding diaryl/α,β-unsaturated/α-hetero) is 4. The molecule has 11 heteroatoms. The number of hydrogen-bond donors (Lipinski definition) is 4. The van der Waals surface area contributed by atoms with Gasteiger partial charge in [0.25, 0.3) is 0 Å². The van der Waals surface area contributed by atoms with E-state index in [1.54, 1.807) is 34.8 Å². The molecule has 0 unspecified atom stereocenters. The van der Waals surface area contributed by atoms with Crippen LogP contribution in [0.15, 0.2) is 48.5 Å². The van der Waals surface area contributed by atoms with Crippen LogP contribution in [0.3, 0.4) is 0 Å². The van der Waals surface area contributed by atoms with Crippen molar-refractivity contribution in [1.82, 2.24) is 19.9 Å². The lowest BCUT2D eigenvalue weighted by atomic mass is 9.78. The van der Waals surface area contributed by atoms with E-state index < -0.39 is 21.7 Å². The highest BCUT2D eigenvalue weighted by atomic mass is 16.5. The highest BCUT2D eigenvalue weighted by Crippen LogP contribution is 2.46. The van der Waals surface area contributed by atoms with Gasteiger partial charge in [-0.1, -0.05) is 14.4 Å². The molecular formula is C53H82N4O7. The van der Waals surface area contributed by atoms with Crippen LogP contribution < -0.4 is 0 Å². The molecule has 0 amide bonds.